The Morgan fingerprint density at radius 2 is 2.09 bits per heavy atom. The van der Waals surface area contributed by atoms with E-state index in [0.29, 0.717) is 5.92 Å². The topological polar surface area (TPSA) is 57.5 Å². The van der Waals surface area contributed by atoms with Crippen molar-refractivity contribution in [3.8, 4) is 0 Å². The summed E-state index contributed by atoms with van der Waals surface area (Å²) in [6.07, 6.45) is 5.58. The van der Waals surface area contributed by atoms with E-state index in [2.05, 4.69) is 32.8 Å². The van der Waals surface area contributed by atoms with Crippen LogP contribution in [0, 0.1) is 5.92 Å². The summed E-state index contributed by atoms with van der Waals surface area (Å²) in [7, 11) is 0. The van der Waals surface area contributed by atoms with Gasteiger partial charge in [0.2, 0.25) is 0 Å². The highest BCUT2D eigenvalue weighted by Gasteiger charge is 2.17. The number of fused-ring (bicyclic) bond motifs is 1. The predicted molar refractivity (Wildman–Crippen MR) is 87.4 cm³/mol. The standard InChI is InChI=1S/C16H24N6/c1-2-13(12-18-4-1)10-15-19-16-11-14(3-7-22(16)20-15)21-8-5-17-6-9-21/h3,7,11,13,17-18H,1-2,4-6,8-10,12H2. The van der Waals surface area contributed by atoms with Crippen molar-refractivity contribution in [1.29, 1.82) is 0 Å². The van der Waals surface area contributed by atoms with Crippen molar-refractivity contribution in [2.45, 2.75) is 19.3 Å². The van der Waals surface area contributed by atoms with Crippen molar-refractivity contribution in [2.75, 3.05) is 44.2 Å². The van der Waals surface area contributed by atoms with E-state index in [4.69, 9.17) is 4.98 Å². The van der Waals surface area contributed by atoms with Crippen molar-refractivity contribution in [2.24, 2.45) is 5.92 Å². The van der Waals surface area contributed by atoms with Crippen LogP contribution in [-0.4, -0.2) is 53.9 Å². The molecule has 0 aromatic carbocycles. The van der Waals surface area contributed by atoms with E-state index in [1.165, 1.54) is 18.5 Å². The summed E-state index contributed by atoms with van der Waals surface area (Å²) >= 11 is 0. The number of nitrogens with one attached hydrogen (secondary N) is 2. The zero-order valence-electron chi connectivity index (χ0n) is 13.0. The fourth-order valence-corrected chi connectivity index (χ4v) is 3.48. The van der Waals surface area contributed by atoms with Gasteiger partial charge in [0.25, 0.3) is 0 Å². The third-order valence-corrected chi connectivity index (χ3v) is 4.72. The number of rotatable bonds is 3. The van der Waals surface area contributed by atoms with E-state index in [-0.39, 0.29) is 0 Å². The van der Waals surface area contributed by atoms with Crippen LogP contribution in [0.1, 0.15) is 18.7 Å². The number of hydrogen-bond acceptors (Lipinski definition) is 5. The molecule has 0 amide bonds. The second kappa shape index (κ2) is 6.22. The average Bonchev–Trinajstić information content (AvgIpc) is 2.98. The SMILES string of the molecule is c1cn2nc(CC3CCCNC3)nc2cc1N1CCNCC1. The third-order valence-electron chi connectivity index (χ3n) is 4.72. The Labute approximate surface area is 130 Å². The highest BCUT2D eigenvalue weighted by atomic mass is 15.3. The van der Waals surface area contributed by atoms with Gasteiger partial charge in [0, 0.05) is 50.6 Å². The number of piperidine rings is 1. The number of nitrogens with zero attached hydrogens (tertiary/aromatic N) is 4. The van der Waals surface area contributed by atoms with Gasteiger partial charge in [-0.05, 0) is 37.9 Å². The van der Waals surface area contributed by atoms with Gasteiger partial charge >= 0.3 is 0 Å². The van der Waals surface area contributed by atoms with Gasteiger partial charge in [0.05, 0.1) is 0 Å². The minimum absolute atomic E-state index is 0.679. The van der Waals surface area contributed by atoms with Gasteiger partial charge in [-0.25, -0.2) is 9.50 Å². The Bertz CT molecular complexity index is 625. The maximum absolute atomic E-state index is 4.74. The molecular weight excluding hydrogens is 276 g/mol. The third kappa shape index (κ3) is 2.94. The Hall–Kier alpha value is -1.66. The highest BCUT2D eigenvalue weighted by molar-refractivity contribution is 5.56. The lowest BCUT2D eigenvalue weighted by Gasteiger charge is -2.29. The molecule has 0 bridgehead atoms. The van der Waals surface area contributed by atoms with Crippen molar-refractivity contribution in [3.63, 3.8) is 0 Å². The molecule has 2 aliphatic heterocycles. The molecule has 0 aliphatic carbocycles. The van der Waals surface area contributed by atoms with Gasteiger partial charge in [0.15, 0.2) is 11.5 Å². The van der Waals surface area contributed by atoms with Crippen molar-refractivity contribution in [1.82, 2.24) is 25.2 Å². The lowest BCUT2D eigenvalue weighted by Crippen LogP contribution is -2.43. The van der Waals surface area contributed by atoms with Gasteiger partial charge < -0.3 is 15.5 Å². The summed E-state index contributed by atoms with van der Waals surface area (Å²) in [5.41, 5.74) is 2.22. The second-order valence-corrected chi connectivity index (χ2v) is 6.37. The van der Waals surface area contributed by atoms with Crippen LogP contribution in [0.5, 0.6) is 0 Å². The minimum Gasteiger partial charge on any atom is -0.369 e. The quantitative estimate of drug-likeness (QED) is 0.873. The van der Waals surface area contributed by atoms with Crippen LogP contribution in [0.25, 0.3) is 5.65 Å². The maximum atomic E-state index is 4.74. The molecule has 1 atom stereocenters. The smallest absolute Gasteiger partial charge is 0.157 e. The Morgan fingerprint density at radius 3 is 2.91 bits per heavy atom. The highest BCUT2D eigenvalue weighted by Crippen LogP contribution is 2.19. The monoisotopic (exact) mass is 300 g/mol. The van der Waals surface area contributed by atoms with Gasteiger partial charge in [-0.15, -0.1) is 0 Å². The molecule has 22 heavy (non-hydrogen) atoms. The van der Waals surface area contributed by atoms with Gasteiger partial charge in [-0.3, -0.25) is 0 Å². The minimum atomic E-state index is 0.679. The molecule has 4 heterocycles. The molecule has 2 aromatic heterocycles. The number of piperazine rings is 1. The first-order valence-corrected chi connectivity index (χ1v) is 8.40. The molecule has 6 nitrogen and oxygen atoms in total. The number of anilines is 1. The van der Waals surface area contributed by atoms with Crippen molar-refractivity contribution < 1.29 is 0 Å². The summed E-state index contributed by atoms with van der Waals surface area (Å²) in [6, 6.07) is 4.32. The van der Waals surface area contributed by atoms with Crippen molar-refractivity contribution >= 4 is 11.3 Å². The van der Waals surface area contributed by atoms with Crippen LogP contribution >= 0.6 is 0 Å². The molecule has 0 saturated carbocycles. The molecule has 0 spiro atoms. The van der Waals surface area contributed by atoms with E-state index < -0.39 is 0 Å². The zero-order valence-corrected chi connectivity index (χ0v) is 13.0. The molecular formula is C16H24N6. The van der Waals surface area contributed by atoms with E-state index >= 15 is 0 Å². The van der Waals surface area contributed by atoms with Crippen LogP contribution in [-0.2, 0) is 6.42 Å². The summed E-state index contributed by atoms with van der Waals surface area (Å²) in [4.78, 5) is 7.16. The van der Waals surface area contributed by atoms with Gasteiger partial charge in [-0.1, -0.05) is 0 Å². The van der Waals surface area contributed by atoms with Crippen LogP contribution in [0.3, 0.4) is 0 Å². The number of pyridine rings is 1. The van der Waals surface area contributed by atoms with Crippen LogP contribution in [0.2, 0.25) is 0 Å². The zero-order chi connectivity index (χ0) is 14.8. The van der Waals surface area contributed by atoms with Crippen LogP contribution in [0.4, 0.5) is 5.69 Å². The molecule has 1 unspecified atom stereocenters. The van der Waals surface area contributed by atoms with E-state index in [9.17, 15) is 0 Å². The first-order chi connectivity index (χ1) is 10.9. The molecule has 2 N–H and O–H groups in total. The summed E-state index contributed by atoms with van der Waals surface area (Å²) in [6.45, 7) is 6.48. The van der Waals surface area contributed by atoms with Gasteiger partial charge in [-0.2, -0.15) is 5.10 Å². The van der Waals surface area contributed by atoms with Crippen LogP contribution < -0.4 is 15.5 Å². The Balaban J connectivity index is 1.52. The van der Waals surface area contributed by atoms with E-state index in [1.54, 1.807) is 0 Å². The molecule has 6 heteroatoms. The molecule has 2 aliphatic rings. The lowest BCUT2D eigenvalue weighted by atomic mass is 9.96. The first kappa shape index (κ1) is 14.0. The number of hydrogen-bond donors (Lipinski definition) is 2. The second-order valence-electron chi connectivity index (χ2n) is 6.37. The largest absolute Gasteiger partial charge is 0.369 e. The molecule has 0 radical (unpaired) electrons. The normalized spacial score (nSPS) is 23.1. The number of aromatic nitrogens is 3. The van der Waals surface area contributed by atoms with Gasteiger partial charge in [0.1, 0.15) is 0 Å². The molecule has 2 fully saturated rings. The summed E-state index contributed by atoms with van der Waals surface area (Å²) < 4.78 is 1.91. The molecule has 2 saturated heterocycles. The first-order valence-electron chi connectivity index (χ1n) is 8.40. The predicted octanol–water partition coefficient (Wildman–Crippen LogP) is 0.681. The fourth-order valence-electron chi connectivity index (χ4n) is 3.48. The molecule has 118 valence electrons. The maximum Gasteiger partial charge on any atom is 0.157 e. The van der Waals surface area contributed by atoms with Crippen LogP contribution in [0.15, 0.2) is 18.3 Å². The fraction of sp³-hybridized carbons (Fsp3) is 0.625. The summed E-state index contributed by atoms with van der Waals surface area (Å²) in [5.74, 6) is 1.66. The summed E-state index contributed by atoms with van der Waals surface area (Å²) in [5, 5.41) is 11.5. The lowest BCUT2D eigenvalue weighted by molar-refractivity contribution is 0.371. The van der Waals surface area contributed by atoms with Crippen molar-refractivity contribution in [3.05, 3.63) is 24.2 Å². The molecule has 2 aromatic rings. The van der Waals surface area contributed by atoms with E-state index in [0.717, 1.165) is 57.2 Å². The Kier molecular flexibility index (Phi) is 3.95. The Morgan fingerprint density at radius 1 is 1.18 bits per heavy atom. The average molecular weight is 300 g/mol. The van der Waals surface area contributed by atoms with E-state index in [1.807, 2.05) is 10.7 Å². The molecule has 4 rings (SSSR count).